The Balaban J connectivity index is 2.24. The molecule has 4 nitrogen and oxygen atoms in total. The molecule has 0 saturated heterocycles. The van der Waals surface area contributed by atoms with Crippen LogP contribution in [0.15, 0.2) is 29.1 Å². The Labute approximate surface area is 109 Å². The SMILES string of the molecule is CCc1cc2c(NC)nc(-c3ccoc3)nc2s1. The van der Waals surface area contributed by atoms with E-state index in [1.54, 1.807) is 23.9 Å². The molecule has 3 aromatic heterocycles. The van der Waals surface area contributed by atoms with Gasteiger partial charge in [-0.25, -0.2) is 9.97 Å². The van der Waals surface area contributed by atoms with Gasteiger partial charge in [0.2, 0.25) is 0 Å². The molecule has 92 valence electrons. The molecule has 0 bridgehead atoms. The quantitative estimate of drug-likeness (QED) is 0.781. The number of furan rings is 1. The van der Waals surface area contributed by atoms with Crippen molar-refractivity contribution in [3.63, 3.8) is 0 Å². The Morgan fingerprint density at radius 3 is 2.94 bits per heavy atom. The molecule has 0 saturated carbocycles. The molecule has 0 aliphatic heterocycles. The first-order chi connectivity index (χ1) is 8.81. The Bertz CT molecular complexity index is 673. The van der Waals surface area contributed by atoms with Crippen molar-refractivity contribution >= 4 is 27.4 Å². The van der Waals surface area contributed by atoms with Gasteiger partial charge in [-0.1, -0.05) is 6.92 Å². The molecule has 0 unspecified atom stereocenters. The average molecular weight is 259 g/mol. The van der Waals surface area contributed by atoms with Gasteiger partial charge < -0.3 is 9.73 Å². The molecule has 5 heteroatoms. The lowest BCUT2D eigenvalue weighted by Crippen LogP contribution is -1.96. The van der Waals surface area contributed by atoms with Crippen LogP contribution in [0.25, 0.3) is 21.6 Å². The summed E-state index contributed by atoms with van der Waals surface area (Å²) in [5, 5.41) is 4.22. The van der Waals surface area contributed by atoms with E-state index in [2.05, 4.69) is 28.3 Å². The molecule has 0 spiro atoms. The van der Waals surface area contributed by atoms with Gasteiger partial charge in [0.05, 0.1) is 17.2 Å². The summed E-state index contributed by atoms with van der Waals surface area (Å²) >= 11 is 1.72. The number of hydrogen-bond donors (Lipinski definition) is 1. The van der Waals surface area contributed by atoms with Gasteiger partial charge in [0, 0.05) is 11.9 Å². The van der Waals surface area contributed by atoms with Gasteiger partial charge in [0.15, 0.2) is 5.82 Å². The largest absolute Gasteiger partial charge is 0.472 e. The molecule has 3 aromatic rings. The van der Waals surface area contributed by atoms with Crippen LogP contribution in [-0.2, 0) is 6.42 Å². The summed E-state index contributed by atoms with van der Waals surface area (Å²) in [6.45, 7) is 2.15. The highest BCUT2D eigenvalue weighted by molar-refractivity contribution is 7.18. The summed E-state index contributed by atoms with van der Waals surface area (Å²) in [4.78, 5) is 11.5. The average Bonchev–Trinajstić information content (AvgIpc) is 3.05. The lowest BCUT2D eigenvalue weighted by molar-refractivity contribution is 0.568. The van der Waals surface area contributed by atoms with E-state index in [4.69, 9.17) is 4.42 Å². The number of aryl methyl sites for hydroxylation is 1. The Morgan fingerprint density at radius 1 is 1.39 bits per heavy atom. The minimum atomic E-state index is 0.699. The monoisotopic (exact) mass is 259 g/mol. The molecule has 0 aromatic carbocycles. The highest BCUT2D eigenvalue weighted by atomic mass is 32.1. The van der Waals surface area contributed by atoms with Crippen molar-refractivity contribution in [3.8, 4) is 11.4 Å². The van der Waals surface area contributed by atoms with E-state index < -0.39 is 0 Å². The van der Waals surface area contributed by atoms with Crippen LogP contribution in [0.3, 0.4) is 0 Å². The molecule has 3 rings (SSSR count). The van der Waals surface area contributed by atoms with Crippen LogP contribution in [0, 0.1) is 0 Å². The molecule has 0 atom stereocenters. The van der Waals surface area contributed by atoms with Gasteiger partial charge in [-0.3, -0.25) is 0 Å². The van der Waals surface area contributed by atoms with Gasteiger partial charge in [-0.2, -0.15) is 0 Å². The summed E-state index contributed by atoms with van der Waals surface area (Å²) in [7, 11) is 1.88. The molecule has 0 aliphatic rings. The number of hydrogen-bond acceptors (Lipinski definition) is 5. The van der Waals surface area contributed by atoms with Gasteiger partial charge in [-0.15, -0.1) is 11.3 Å². The highest BCUT2D eigenvalue weighted by Crippen LogP contribution is 2.31. The van der Waals surface area contributed by atoms with E-state index in [-0.39, 0.29) is 0 Å². The zero-order chi connectivity index (χ0) is 12.5. The fraction of sp³-hybridized carbons (Fsp3) is 0.231. The maximum atomic E-state index is 5.08. The fourth-order valence-corrected chi connectivity index (χ4v) is 2.82. The van der Waals surface area contributed by atoms with Crippen LogP contribution in [0.2, 0.25) is 0 Å². The number of nitrogens with zero attached hydrogens (tertiary/aromatic N) is 2. The molecule has 0 fully saturated rings. The maximum absolute atomic E-state index is 5.08. The van der Waals surface area contributed by atoms with Gasteiger partial charge in [-0.05, 0) is 18.6 Å². The molecule has 0 amide bonds. The summed E-state index contributed by atoms with van der Waals surface area (Å²) < 4.78 is 5.08. The molecular weight excluding hydrogens is 246 g/mol. The maximum Gasteiger partial charge on any atom is 0.166 e. The number of fused-ring (bicyclic) bond motifs is 1. The van der Waals surface area contributed by atoms with Crippen molar-refractivity contribution in [2.24, 2.45) is 0 Å². The number of anilines is 1. The summed E-state index contributed by atoms with van der Waals surface area (Å²) in [5.74, 6) is 1.57. The lowest BCUT2D eigenvalue weighted by Gasteiger charge is -2.03. The third-order valence-corrected chi connectivity index (χ3v) is 3.98. The lowest BCUT2D eigenvalue weighted by atomic mass is 10.3. The predicted molar refractivity (Wildman–Crippen MR) is 74.0 cm³/mol. The zero-order valence-electron chi connectivity index (χ0n) is 10.2. The molecule has 18 heavy (non-hydrogen) atoms. The van der Waals surface area contributed by atoms with Crippen LogP contribution in [0.5, 0.6) is 0 Å². The van der Waals surface area contributed by atoms with Crippen molar-refractivity contribution in [1.82, 2.24) is 9.97 Å². The Morgan fingerprint density at radius 2 is 2.28 bits per heavy atom. The normalized spacial score (nSPS) is 11.0. The molecule has 0 radical (unpaired) electrons. The van der Waals surface area contributed by atoms with E-state index in [1.807, 2.05) is 13.1 Å². The molecule has 1 N–H and O–H groups in total. The second-order valence-corrected chi connectivity index (χ2v) is 5.06. The van der Waals surface area contributed by atoms with E-state index in [1.165, 1.54) is 4.88 Å². The van der Waals surface area contributed by atoms with Crippen molar-refractivity contribution in [2.75, 3.05) is 12.4 Å². The molecular formula is C13H13N3OS. The third-order valence-electron chi connectivity index (χ3n) is 2.81. The smallest absolute Gasteiger partial charge is 0.166 e. The predicted octanol–water partition coefficient (Wildman–Crippen LogP) is 3.56. The van der Waals surface area contributed by atoms with Gasteiger partial charge >= 0.3 is 0 Å². The van der Waals surface area contributed by atoms with Gasteiger partial charge in [0.25, 0.3) is 0 Å². The molecule has 3 heterocycles. The summed E-state index contributed by atoms with van der Waals surface area (Å²) in [6.07, 6.45) is 4.31. The van der Waals surface area contributed by atoms with Crippen LogP contribution in [0.4, 0.5) is 5.82 Å². The summed E-state index contributed by atoms with van der Waals surface area (Å²) in [6, 6.07) is 4.03. The first-order valence-corrected chi connectivity index (χ1v) is 6.64. The first kappa shape index (κ1) is 11.2. The number of rotatable bonds is 3. The van der Waals surface area contributed by atoms with E-state index >= 15 is 0 Å². The number of aromatic nitrogens is 2. The van der Waals surface area contributed by atoms with Crippen LogP contribution >= 0.6 is 11.3 Å². The highest BCUT2D eigenvalue weighted by Gasteiger charge is 2.12. The van der Waals surface area contributed by atoms with E-state index in [0.29, 0.717) is 5.82 Å². The number of thiophene rings is 1. The third kappa shape index (κ3) is 1.76. The van der Waals surface area contributed by atoms with E-state index in [0.717, 1.165) is 28.0 Å². The number of nitrogens with one attached hydrogen (secondary N) is 1. The van der Waals surface area contributed by atoms with Crippen molar-refractivity contribution in [1.29, 1.82) is 0 Å². The Kier molecular flexibility index (Phi) is 2.76. The summed E-state index contributed by atoms with van der Waals surface area (Å²) in [5.41, 5.74) is 0.903. The van der Waals surface area contributed by atoms with Gasteiger partial charge in [0.1, 0.15) is 16.9 Å². The van der Waals surface area contributed by atoms with Crippen molar-refractivity contribution in [2.45, 2.75) is 13.3 Å². The second kappa shape index (κ2) is 4.42. The van der Waals surface area contributed by atoms with Crippen LogP contribution in [-0.4, -0.2) is 17.0 Å². The second-order valence-electron chi connectivity index (χ2n) is 3.94. The minimum Gasteiger partial charge on any atom is -0.472 e. The standard InChI is InChI=1S/C13H13N3OS/c1-3-9-6-10-12(14-2)15-11(16-13(10)18-9)8-4-5-17-7-8/h4-7H,3H2,1-2H3,(H,14,15,16). The molecule has 0 aliphatic carbocycles. The van der Waals surface area contributed by atoms with Crippen LogP contribution < -0.4 is 5.32 Å². The minimum absolute atomic E-state index is 0.699. The Hall–Kier alpha value is -1.88. The fourth-order valence-electron chi connectivity index (χ4n) is 1.86. The zero-order valence-corrected chi connectivity index (χ0v) is 11.0. The first-order valence-electron chi connectivity index (χ1n) is 5.82. The van der Waals surface area contributed by atoms with Crippen molar-refractivity contribution < 1.29 is 4.42 Å². The van der Waals surface area contributed by atoms with Crippen molar-refractivity contribution in [3.05, 3.63) is 29.5 Å². The topological polar surface area (TPSA) is 51.0 Å². The van der Waals surface area contributed by atoms with Crippen LogP contribution in [0.1, 0.15) is 11.8 Å². The van der Waals surface area contributed by atoms with E-state index in [9.17, 15) is 0 Å².